The molecule has 16 heavy (non-hydrogen) atoms. The molecule has 0 unspecified atom stereocenters. The van der Waals surface area contributed by atoms with E-state index in [1.54, 1.807) is 6.92 Å². The van der Waals surface area contributed by atoms with Crippen LogP contribution in [0.1, 0.15) is 24.9 Å². The Hall–Kier alpha value is -0.900. The van der Waals surface area contributed by atoms with Crippen LogP contribution in [0.15, 0.2) is 30.3 Å². The lowest BCUT2D eigenvalue weighted by molar-refractivity contribution is -0.121. The third kappa shape index (κ3) is 2.12. The average Bonchev–Trinajstić information content (AvgIpc) is 2.24. The van der Waals surface area contributed by atoms with Crippen molar-refractivity contribution in [2.24, 2.45) is 0 Å². The Balaban J connectivity index is 2.19. The van der Waals surface area contributed by atoms with E-state index in [0.717, 1.165) is 0 Å². The van der Waals surface area contributed by atoms with Gasteiger partial charge in [-0.25, -0.2) is 0 Å². The van der Waals surface area contributed by atoms with Gasteiger partial charge in [0.05, 0.1) is 6.10 Å². The molecule has 3 nitrogen and oxygen atoms in total. The summed E-state index contributed by atoms with van der Waals surface area (Å²) in [6.07, 6.45) is -0.0815. The minimum atomic E-state index is -1.000. The number of β-amino-alcohol motifs (C(OH)–C–C–N with tert-alkyl or cyclic N) is 1. The van der Waals surface area contributed by atoms with E-state index < -0.39 is 11.7 Å². The van der Waals surface area contributed by atoms with Gasteiger partial charge >= 0.3 is 0 Å². The fourth-order valence-corrected chi connectivity index (χ4v) is 2.43. The first-order chi connectivity index (χ1) is 7.50. The Morgan fingerprint density at radius 1 is 1.31 bits per heavy atom. The highest BCUT2D eigenvalue weighted by Gasteiger charge is 2.40. The van der Waals surface area contributed by atoms with Crippen molar-refractivity contribution in [2.75, 3.05) is 13.6 Å². The highest BCUT2D eigenvalue weighted by Crippen LogP contribution is 2.33. The van der Waals surface area contributed by atoms with Gasteiger partial charge in [0, 0.05) is 12.6 Å². The molecular formula is C13H19NO2. The zero-order valence-electron chi connectivity index (χ0n) is 9.80. The van der Waals surface area contributed by atoms with Gasteiger partial charge < -0.3 is 10.2 Å². The lowest BCUT2D eigenvalue weighted by atomic mass is 9.85. The molecule has 0 spiro atoms. The lowest BCUT2D eigenvalue weighted by Crippen LogP contribution is -2.54. The fraction of sp³-hybridized carbons (Fsp3) is 0.538. The first kappa shape index (κ1) is 11.6. The predicted molar refractivity (Wildman–Crippen MR) is 63.1 cm³/mol. The summed E-state index contributed by atoms with van der Waals surface area (Å²) in [5, 5.41) is 19.9. The Labute approximate surface area is 96.3 Å². The monoisotopic (exact) mass is 221 g/mol. The van der Waals surface area contributed by atoms with E-state index in [1.165, 1.54) is 5.56 Å². The fourth-order valence-electron chi connectivity index (χ4n) is 2.43. The van der Waals surface area contributed by atoms with Crippen LogP contribution in [0.5, 0.6) is 0 Å². The molecule has 2 N–H and O–H groups in total. The largest absolute Gasteiger partial charge is 0.390 e. The van der Waals surface area contributed by atoms with Crippen molar-refractivity contribution in [3.63, 3.8) is 0 Å². The third-order valence-corrected chi connectivity index (χ3v) is 3.45. The van der Waals surface area contributed by atoms with Gasteiger partial charge in [0.25, 0.3) is 0 Å². The number of rotatable bonds is 1. The number of nitrogens with zero attached hydrogens (tertiary/aromatic N) is 1. The topological polar surface area (TPSA) is 43.7 Å². The smallest absolute Gasteiger partial charge is 0.100 e. The normalized spacial score (nSPS) is 36.2. The number of hydrogen-bond donors (Lipinski definition) is 2. The van der Waals surface area contributed by atoms with Crippen LogP contribution in [0, 0.1) is 0 Å². The number of likely N-dealkylation sites (tertiary alicyclic amines) is 1. The summed E-state index contributed by atoms with van der Waals surface area (Å²) in [4.78, 5) is 2.10. The summed E-state index contributed by atoms with van der Waals surface area (Å²) in [5.41, 5.74) is 0.194. The summed E-state index contributed by atoms with van der Waals surface area (Å²) >= 11 is 0. The number of aliphatic hydroxyl groups is 2. The van der Waals surface area contributed by atoms with Crippen LogP contribution in [0.3, 0.4) is 0 Å². The molecule has 1 heterocycles. The Morgan fingerprint density at radius 3 is 2.56 bits per heavy atom. The van der Waals surface area contributed by atoms with Gasteiger partial charge in [-0.3, -0.25) is 4.90 Å². The van der Waals surface area contributed by atoms with E-state index >= 15 is 0 Å². The minimum Gasteiger partial charge on any atom is -0.390 e. The Bertz CT molecular complexity index is 350. The SMILES string of the molecule is CN1C[C@](C)(O)[C@@H](O)C[C@H]1c1ccccc1. The van der Waals surface area contributed by atoms with Crippen molar-refractivity contribution in [2.45, 2.75) is 31.1 Å². The minimum absolute atomic E-state index is 0.191. The summed E-state index contributed by atoms with van der Waals surface area (Å²) in [6, 6.07) is 10.3. The molecule has 1 saturated heterocycles. The van der Waals surface area contributed by atoms with E-state index in [-0.39, 0.29) is 6.04 Å². The first-order valence-corrected chi connectivity index (χ1v) is 5.66. The standard InChI is InChI=1S/C13H19NO2/c1-13(16)9-14(2)11(8-12(13)15)10-6-4-3-5-7-10/h3-7,11-12,15-16H,8-9H2,1-2H3/t11-,12-,13-/m0/s1. The maximum absolute atomic E-state index is 9.99. The molecule has 0 amide bonds. The summed E-state index contributed by atoms with van der Waals surface area (Å²) in [6.45, 7) is 2.18. The van der Waals surface area contributed by atoms with E-state index in [9.17, 15) is 10.2 Å². The molecule has 1 aliphatic heterocycles. The zero-order chi connectivity index (χ0) is 11.8. The van der Waals surface area contributed by atoms with E-state index in [4.69, 9.17) is 0 Å². The third-order valence-electron chi connectivity index (χ3n) is 3.45. The highest BCUT2D eigenvalue weighted by molar-refractivity contribution is 5.20. The lowest BCUT2D eigenvalue weighted by Gasteiger charge is -2.44. The van der Waals surface area contributed by atoms with Crippen LogP contribution in [0.25, 0.3) is 0 Å². The number of aliphatic hydroxyl groups excluding tert-OH is 1. The summed E-state index contributed by atoms with van der Waals surface area (Å²) < 4.78 is 0. The van der Waals surface area contributed by atoms with E-state index in [1.807, 2.05) is 25.2 Å². The van der Waals surface area contributed by atoms with Gasteiger partial charge in [-0.1, -0.05) is 30.3 Å². The van der Waals surface area contributed by atoms with Gasteiger partial charge in [0.15, 0.2) is 0 Å². The van der Waals surface area contributed by atoms with Crippen LogP contribution in [-0.4, -0.2) is 40.4 Å². The molecule has 1 aliphatic rings. The second-order valence-electron chi connectivity index (χ2n) is 4.95. The van der Waals surface area contributed by atoms with Crippen LogP contribution in [-0.2, 0) is 0 Å². The predicted octanol–water partition coefficient (Wildman–Crippen LogP) is 1.18. The number of piperidine rings is 1. The quantitative estimate of drug-likeness (QED) is 0.748. The molecule has 0 bridgehead atoms. The van der Waals surface area contributed by atoms with Crippen molar-refractivity contribution in [3.05, 3.63) is 35.9 Å². The van der Waals surface area contributed by atoms with Crippen molar-refractivity contribution < 1.29 is 10.2 Å². The second-order valence-corrected chi connectivity index (χ2v) is 4.95. The zero-order valence-corrected chi connectivity index (χ0v) is 9.80. The number of benzene rings is 1. The molecule has 3 atom stereocenters. The molecule has 0 aromatic heterocycles. The highest BCUT2D eigenvalue weighted by atomic mass is 16.3. The maximum Gasteiger partial charge on any atom is 0.100 e. The van der Waals surface area contributed by atoms with Crippen LogP contribution < -0.4 is 0 Å². The maximum atomic E-state index is 9.99. The Kier molecular flexibility index (Phi) is 3.02. The van der Waals surface area contributed by atoms with Crippen molar-refractivity contribution in [3.8, 4) is 0 Å². The molecule has 2 rings (SSSR count). The van der Waals surface area contributed by atoms with Crippen molar-refractivity contribution in [1.82, 2.24) is 4.90 Å². The summed E-state index contributed by atoms with van der Waals surface area (Å²) in [5.74, 6) is 0. The van der Waals surface area contributed by atoms with Crippen LogP contribution in [0.4, 0.5) is 0 Å². The van der Waals surface area contributed by atoms with Gasteiger partial charge in [0.2, 0.25) is 0 Å². The van der Waals surface area contributed by atoms with Gasteiger partial charge in [-0.05, 0) is 26.0 Å². The molecule has 88 valence electrons. The number of likely N-dealkylation sites (N-methyl/N-ethyl adjacent to an activating group) is 1. The molecule has 1 fully saturated rings. The average molecular weight is 221 g/mol. The van der Waals surface area contributed by atoms with Gasteiger partial charge in [0.1, 0.15) is 5.60 Å². The van der Waals surface area contributed by atoms with Crippen molar-refractivity contribution in [1.29, 1.82) is 0 Å². The van der Waals surface area contributed by atoms with E-state index in [0.29, 0.717) is 13.0 Å². The van der Waals surface area contributed by atoms with Crippen LogP contribution >= 0.6 is 0 Å². The van der Waals surface area contributed by atoms with Crippen molar-refractivity contribution >= 4 is 0 Å². The summed E-state index contributed by atoms with van der Waals surface area (Å²) in [7, 11) is 1.98. The second kappa shape index (κ2) is 4.17. The van der Waals surface area contributed by atoms with E-state index in [2.05, 4.69) is 17.0 Å². The van der Waals surface area contributed by atoms with Gasteiger partial charge in [-0.2, -0.15) is 0 Å². The molecular weight excluding hydrogens is 202 g/mol. The van der Waals surface area contributed by atoms with Gasteiger partial charge in [-0.15, -0.1) is 0 Å². The first-order valence-electron chi connectivity index (χ1n) is 5.66. The molecule has 0 saturated carbocycles. The molecule has 1 aromatic rings. The van der Waals surface area contributed by atoms with Crippen LogP contribution in [0.2, 0.25) is 0 Å². The number of hydrogen-bond acceptors (Lipinski definition) is 3. The molecule has 1 aromatic carbocycles. The Morgan fingerprint density at radius 2 is 1.94 bits per heavy atom. The molecule has 0 aliphatic carbocycles. The molecule has 0 radical (unpaired) electrons. The molecule has 3 heteroatoms.